The van der Waals surface area contributed by atoms with E-state index in [0.717, 1.165) is 38.3 Å². The van der Waals surface area contributed by atoms with Crippen molar-refractivity contribution in [2.45, 2.75) is 32.9 Å². The second-order valence-corrected chi connectivity index (χ2v) is 10.2. The fourth-order valence-electron chi connectivity index (χ4n) is 5.25. The van der Waals surface area contributed by atoms with Gasteiger partial charge in [-0.15, -0.1) is 5.01 Å². The molecule has 1 aromatic heterocycles. The lowest BCUT2D eigenvalue weighted by atomic mass is 10.1. The van der Waals surface area contributed by atoms with Crippen LogP contribution >= 0.6 is 11.6 Å². The number of aromatic nitrogens is 2. The molecule has 2 aromatic carbocycles. The summed E-state index contributed by atoms with van der Waals surface area (Å²) in [5, 5.41) is 14.3. The van der Waals surface area contributed by atoms with Gasteiger partial charge in [-0.25, -0.2) is 4.98 Å². The van der Waals surface area contributed by atoms with Crippen molar-refractivity contribution in [1.82, 2.24) is 19.9 Å². The van der Waals surface area contributed by atoms with E-state index >= 15 is 0 Å². The van der Waals surface area contributed by atoms with Crippen molar-refractivity contribution in [3.05, 3.63) is 57.8 Å². The molecule has 0 saturated carbocycles. The number of fused-ring (bicyclic) bond motifs is 2. The molecular weight excluding hydrogens is 478 g/mol. The van der Waals surface area contributed by atoms with E-state index in [-0.39, 0.29) is 24.1 Å². The summed E-state index contributed by atoms with van der Waals surface area (Å²) in [6.45, 7) is 7.88. The molecule has 2 N–H and O–H groups in total. The number of hydrogen-bond donors (Lipinski definition) is 2. The number of carbonyl (C=O) groups excluding carboxylic acids is 1. The van der Waals surface area contributed by atoms with E-state index in [2.05, 4.69) is 15.2 Å². The van der Waals surface area contributed by atoms with Gasteiger partial charge in [0.1, 0.15) is 18.9 Å². The van der Waals surface area contributed by atoms with Gasteiger partial charge in [-0.3, -0.25) is 19.6 Å². The molecule has 10 heteroatoms. The van der Waals surface area contributed by atoms with Crippen LogP contribution in [0.25, 0.3) is 22.3 Å². The highest BCUT2D eigenvalue weighted by Gasteiger charge is 2.44. The molecule has 2 aliphatic rings. The van der Waals surface area contributed by atoms with E-state index in [1.807, 2.05) is 38.1 Å². The first kappa shape index (κ1) is 24.4. The van der Waals surface area contributed by atoms with Crippen molar-refractivity contribution in [2.75, 3.05) is 37.7 Å². The Labute approximate surface area is 215 Å². The second-order valence-electron chi connectivity index (χ2n) is 9.81. The molecule has 2 aliphatic heterocycles. The number of benzene rings is 2. The number of nitrogens with zero attached hydrogens (tertiary/aromatic N) is 5. The highest BCUT2D eigenvalue weighted by Crippen LogP contribution is 2.29. The average Bonchev–Trinajstić information content (AvgIpc) is 3.29. The van der Waals surface area contributed by atoms with Crippen LogP contribution in [0.4, 0.5) is 5.69 Å². The minimum absolute atomic E-state index is 0.0450. The van der Waals surface area contributed by atoms with Crippen LogP contribution in [0.15, 0.2) is 47.3 Å². The zero-order chi connectivity index (χ0) is 25.4. The number of anilines is 1. The highest BCUT2D eigenvalue weighted by atomic mass is 35.5. The Bertz CT molecular complexity index is 1390. The molecule has 1 unspecified atom stereocenters. The maximum atomic E-state index is 13.8. The summed E-state index contributed by atoms with van der Waals surface area (Å²) < 4.78 is 1.95. The first-order valence-corrected chi connectivity index (χ1v) is 12.7. The number of halogens is 1. The summed E-state index contributed by atoms with van der Waals surface area (Å²) in [7, 11) is 0. The summed E-state index contributed by atoms with van der Waals surface area (Å²) in [4.78, 5) is 33.5. The maximum Gasteiger partial charge on any atom is 0.262 e. The van der Waals surface area contributed by atoms with E-state index in [4.69, 9.17) is 22.0 Å². The van der Waals surface area contributed by atoms with E-state index in [9.17, 15) is 9.59 Å². The third-order valence-corrected chi connectivity index (χ3v) is 7.18. The molecule has 1 atom stereocenters. The quantitative estimate of drug-likeness (QED) is 0.303. The Hall–Kier alpha value is -3.27. The molecule has 0 aliphatic carbocycles. The Balaban J connectivity index is 1.59. The molecule has 1 amide bonds. The van der Waals surface area contributed by atoms with Crippen LogP contribution in [0.2, 0.25) is 5.02 Å². The molecule has 0 bridgehead atoms. The Kier molecular flexibility index (Phi) is 6.55. The van der Waals surface area contributed by atoms with Gasteiger partial charge in [0.05, 0.1) is 24.0 Å². The summed E-state index contributed by atoms with van der Waals surface area (Å²) >= 11 is 6.23. The van der Waals surface area contributed by atoms with E-state index < -0.39 is 0 Å². The number of amides is 1. The van der Waals surface area contributed by atoms with E-state index in [1.54, 1.807) is 18.2 Å². The second kappa shape index (κ2) is 9.65. The number of rotatable bonds is 6. The molecule has 2 fully saturated rings. The minimum Gasteiger partial charge on any atom is -0.352 e. The highest BCUT2D eigenvalue weighted by molar-refractivity contribution is 6.30. The van der Waals surface area contributed by atoms with Gasteiger partial charge in [-0.2, -0.15) is 4.59 Å². The lowest BCUT2D eigenvalue weighted by Gasteiger charge is -2.45. The third-order valence-electron chi connectivity index (χ3n) is 6.95. The predicted molar refractivity (Wildman–Crippen MR) is 142 cm³/mol. The smallest absolute Gasteiger partial charge is 0.262 e. The van der Waals surface area contributed by atoms with Crippen LogP contribution in [0.3, 0.4) is 0 Å². The summed E-state index contributed by atoms with van der Waals surface area (Å²) in [6.07, 6.45) is 2.60. The zero-order valence-electron chi connectivity index (χ0n) is 20.6. The maximum absolute atomic E-state index is 13.8. The van der Waals surface area contributed by atoms with Gasteiger partial charge in [-0.05, 0) is 44.2 Å². The SMILES string of the molecule is CC(C)NC(=O)Cn1c(-c2cccc(Cl)c2)nc2ccc(N3CCN4CCC[N+]4(C=N)C3)cc2c1=O. The van der Waals surface area contributed by atoms with Crippen molar-refractivity contribution >= 4 is 40.4 Å². The monoisotopic (exact) mass is 508 g/mol. The molecule has 3 heterocycles. The zero-order valence-corrected chi connectivity index (χ0v) is 21.3. The van der Waals surface area contributed by atoms with Crippen LogP contribution in [0.1, 0.15) is 20.3 Å². The van der Waals surface area contributed by atoms with Crippen molar-refractivity contribution in [2.24, 2.45) is 0 Å². The van der Waals surface area contributed by atoms with Gasteiger partial charge in [-0.1, -0.05) is 23.7 Å². The van der Waals surface area contributed by atoms with E-state index in [1.165, 1.54) is 10.9 Å². The molecule has 5 rings (SSSR count). The van der Waals surface area contributed by atoms with Crippen molar-refractivity contribution in [3.63, 3.8) is 0 Å². The van der Waals surface area contributed by atoms with Gasteiger partial charge < -0.3 is 10.2 Å². The predicted octanol–water partition coefficient (Wildman–Crippen LogP) is 3.06. The number of carbonyl (C=O) groups is 1. The third kappa shape index (κ3) is 4.50. The molecule has 188 valence electrons. The normalized spacial score (nSPS) is 20.1. The van der Waals surface area contributed by atoms with Crippen molar-refractivity contribution in [1.29, 1.82) is 5.41 Å². The molecule has 3 aromatic rings. The van der Waals surface area contributed by atoms with Crippen LogP contribution in [0, 0.1) is 5.41 Å². The molecule has 0 spiro atoms. The topological polar surface area (TPSA) is 94.3 Å². The van der Waals surface area contributed by atoms with Gasteiger partial charge in [0.15, 0.2) is 6.67 Å². The molecule has 36 heavy (non-hydrogen) atoms. The number of quaternary nitrogens is 1. The summed E-state index contributed by atoms with van der Waals surface area (Å²) in [5.74, 6) is 0.149. The van der Waals surface area contributed by atoms with Crippen LogP contribution in [0.5, 0.6) is 0 Å². The number of hydrogen-bond acceptors (Lipinski definition) is 6. The van der Waals surface area contributed by atoms with E-state index in [0.29, 0.717) is 38.6 Å². The van der Waals surface area contributed by atoms with Crippen LogP contribution in [-0.2, 0) is 11.3 Å². The minimum atomic E-state index is -0.272. The largest absolute Gasteiger partial charge is 0.352 e. The molecule has 9 nitrogen and oxygen atoms in total. The fraction of sp³-hybridized carbons (Fsp3) is 0.385. The number of nitrogens with one attached hydrogen (secondary N) is 2. The van der Waals surface area contributed by atoms with Gasteiger partial charge in [0.2, 0.25) is 12.2 Å². The Morgan fingerprint density at radius 1 is 1.22 bits per heavy atom. The van der Waals surface area contributed by atoms with Gasteiger partial charge in [0.25, 0.3) is 5.56 Å². The summed E-state index contributed by atoms with van der Waals surface area (Å²) in [6, 6.07) is 12.8. The molecule has 2 saturated heterocycles. The van der Waals surface area contributed by atoms with Crippen molar-refractivity contribution < 1.29 is 9.39 Å². The van der Waals surface area contributed by atoms with Crippen LogP contribution < -0.4 is 15.8 Å². The fourth-order valence-corrected chi connectivity index (χ4v) is 5.44. The van der Waals surface area contributed by atoms with Gasteiger partial charge in [0, 0.05) is 35.3 Å². The first-order valence-electron chi connectivity index (χ1n) is 12.3. The lowest BCUT2D eigenvalue weighted by molar-refractivity contribution is -0.943. The Morgan fingerprint density at radius 2 is 2.06 bits per heavy atom. The lowest BCUT2D eigenvalue weighted by Crippen LogP contribution is -2.65. The molecular formula is C26H31ClN7O2+. The Morgan fingerprint density at radius 3 is 2.81 bits per heavy atom. The van der Waals surface area contributed by atoms with Gasteiger partial charge >= 0.3 is 0 Å². The van der Waals surface area contributed by atoms with Crippen molar-refractivity contribution in [3.8, 4) is 11.4 Å². The van der Waals surface area contributed by atoms with Crippen LogP contribution in [-0.4, -0.2) is 70.3 Å². The summed E-state index contributed by atoms with van der Waals surface area (Å²) in [5.41, 5.74) is 1.88. The standard InChI is InChI=1S/C26H30ClN7O2/c1-18(2)29-24(35)15-33-25(19-5-3-6-20(27)13-19)30-23-8-7-21(14-22(23)26(33)36)31-10-11-32-9-4-12-34(32,16-28)17-31/h3,5-8,13-14,16,18,28H,4,9-12,15,17H2,1-2H3/p+1. The average molecular weight is 509 g/mol. The molecule has 0 radical (unpaired) electrons. The first-order chi connectivity index (χ1) is 17.3.